The second-order valence-corrected chi connectivity index (χ2v) is 6.40. The number of carbonyl (C=O) groups excluding carboxylic acids is 1. The molecule has 0 aliphatic carbocycles. The van der Waals surface area contributed by atoms with Crippen LogP contribution in [0.2, 0.25) is 5.02 Å². The van der Waals surface area contributed by atoms with Gasteiger partial charge in [0, 0.05) is 10.9 Å². The van der Waals surface area contributed by atoms with Gasteiger partial charge in [-0.3, -0.25) is 4.79 Å². The van der Waals surface area contributed by atoms with E-state index in [0.717, 1.165) is 10.9 Å². The smallest absolute Gasteiger partial charge is 0.290 e. The first-order valence-electron chi connectivity index (χ1n) is 8.15. The Morgan fingerprint density at radius 2 is 1.65 bits per heavy atom. The third kappa shape index (κ3) is 3.02. The molecule has 0 saturated heterocycles. The van der Waals surface area contributed by atoms with Crippen LogP contribution in [0.1, 0.15) is 27.6 Å². The number of benzene rings is 1. The third-order valence-electron chi connectivity index (χ3n) is 4.25. The summed E-state index contributed by atoms with van der Waals surface area (Å²) in [5.41, 5.74) is 1.28. The van der Waals surface area contributed by atoms with Crippen molar-refractivity contribution in [3.05, 3.63) is 82.9 Å². The fraction of sp³-hybridized carbons (Fsp3) is 0.150. The predicted octanol–water partition coefficient (Wildman–Crippen LogP) is 5.42. The lowest BCUT2D eigenvalue weighted by Crippen LogP contribution is -2.30. The third-order valence-corrected chi connectivity index (χ3v) is 4.55. The summed E-state index contributed by atoms with van der Waals surface area (Å²) in [6.45, 7) is 2.46. The van der Waals surface area contributed by atoms with Crippen molar-refractivity contribution in [2.45, 2.75) is 20.0 Å². The average molecular weight is 370 g/mol. The van der Waals surface area contributed by atoms with Gasteiger partial charge in [0.2, 0.25) is 0 Å². The molecule has 3 aromatic heterocycles. The molecular weight excluding hydrogens is 354 g/mol. The molecule has 26 heavy (non-hydrogen) atoms. The van der Waals surface area contributed by atoms with E-state index in [1.165, 1.54) is 0 Å². The summed E-state index contributed by atoms with van der Waals surface area (Å²) in [4.78, 5) is 14.8. The average Bonchev–Trinajstić information content (AvgIpc) is 3.37. The van der Waals surface area contributed by atoms with E-state index in [-0.39, 0.29) is 11.7 Å². The normalized spacial score (nSPS) is 11.2. The number of hydrogen-bond donors (Lipinski definition) is 0. The van der Waals surface area contributed by atoms with Crippen LogP contribution in [0.3, 0.4) is 0 Å². The molecule has 4 rings (SSSR count). The monoisotopic (exact) mass is 369 g/mol. The Balaban J connectivity index is 1.71. The number of aryl methyl sites for hydroxylation is 1. The summed E-state index contributed by atoms with van der Waals surface area (Å²) in [5.74, 6) is 1.38. The first kappa shape index (κ1) is 16.5. The summed E-state index contributed by atoms with van der Waals surface area (Å²) in [5, 5.41) is 1.31. The van der Waals surface area contributed by atoms with Gasteiger partial charge in [-0.05, 0) is 37.3 Å². The van der Waals surface area contributed by atoms with Crippen molar-refractivity contribution >= 4 is 28.5 Å². The maximum absolute atomic E-state index is 13.2. The lowest BCUT2D eigenvalue weighted by molar-refractivity contribution is 0.0674. The van der Waals surface area contributed by atoms with Crippen molar-refractivity contribution < 1.29 is 18.0 Å². The number of halogens is 1. The molecule has 0 atom stereocenters. The number of fused-ring (bicyclic) bond motifs is 1. The predicted molar refractivity (Wildman–Crippen MR) is 97.0 cm³/mol. The van der Waals surface area contributed by atoms with Crippen LogP contribution in [0.15, 0.2) is 68.2 Å². The fourth-order valence-corrected chi connectivity index (χ4v) is 3.15. The van der Waals surface area contributed by atoms with Gasteiger partial charge in [0.05, 0.1) is 30.6 Å². The van der Waals surface area contributed by atoms with E-state index in [1.807, 2.05) is 31.2 Å². The summed E-state index contributed by atoms with van der Waals surface area (Å²) >= 11 is 6.21. The van der Waals surface area contributed by atoms with E-state index < -0.39 is 0 Å². The molecule has 0 bridgehead atoms. The topological polar surface area (TPSA) is 59.7 Å². The molecule has 1 amide bonds. The molecule has 5 nitrogen and oxygen atoms in total. The molecule has 132 valence electrons. The largest absolute Gasteiger partial charge is 0.467 e. The van der Waals surface area contributed by atoms with Gasteiger partial charge in [0.25, 0.3) is 5.91 Å². The Labute approximate surface area is 154 Å². The number of furan rings is 3. The molecule has 0 radical (unpaired) electrons. The molecule has 6 heteroatoms. The second-order valence-electron chi connectivity index (χ2n) is 5.99. The standard InChI is InChI=1S/C20H16ClNO4/c1-13-16-7-2-8-17(21)19(16)26-18(13)20(23)22(11-14-5-3-9-24-14)12-15-6-4-10-25-15/h2-10H,11-12H2,1H3. The van der Waals surface area contributed by atoms with Crippen molar-refractivity contribution in [1.82, 2.24) is 4.90 Å². The minimum atomic E-state index is -0.248. The van der Waals surface area contributed by atoms with Crippen LogP contribution >= 0.6 is 11.6 Å². The highest BCUT2D eigenvalue weighted by molar-refractivity contribution is 6.35. The van der Waals surface area contributed by atoms with Gasteiger partial charge < -0.3 is 18.2 Å². The molecule has 4 aromatic rings. The minimum absolute atomic E-state index is 0.248. The number of nitrogens with zero attached hydrogens (tertiary/aromatic N) is 1. The molecule has 0 fully saturated rings. The summed E-state index contributed by atoms with van der Waals surface area (Å²) < 4.78 is 16.6. The van der Waals surface area contributed by atoms with Gasteiger partial charge >= 0.3 is 0 Å². The van der Waals surface area contributed by atoms with E-state index in [2.05, 4.69) is 0 Å². The van der Waals surface area contributed by atoms with E-state index in [1.54, 1.807) is 35.6 Å². The number of rotatable bonds is 5. The van der Waals surface area contributed by atoms with Crippen LogP contribution in [0, 0.1) is 6.92 Å². The zero-order valence-electron chi connectivity index (χ0n) is 14.1. The van der Waals surface area contributed by atoms with E-state index in [9.17, 15) is 4.79 Å². The maximum Gasteiger partial charge on any atom is 0.290 e. The molecule has 0 unspecified atom stereocenters. The quantitative estimate of drug-likeness (QED) is 0.471. The van der Waals surface area contributed by atoms with Crippen molar-refractivity contribution in [2.75, 3.05) is 0 Å². The molecular formula is C20H16ClNO4. The highest BCUT2D eigenvalue weighted by atomic mass is 35.5. The SMILES string of the molecule is Cc1c(C(=O)N(Cc2ccco2)Cc2ccco2)oc2c(Cl)cccc12. The van der Waals surface area contributed by atoms with Crippen LogP contribution < -0.4 is 0 Å². The number of para-hydroxylation sites is 1. The first-order chi connectivity index (χ1) is 12.6. The second kappa shape index (κ2) is 6.77. The lowest BCUT2D eigenvalue weighted by Gasteiger charge is -2.19. The molecule has 3 heterocycles. The molecule has 0 saturated carbocycles. The van der Waals surface area contributed by atoms with Crippen LogP contribution in [-0.2, 0) is 13.1 Å². The zero-order chi connectivity index (χ0) is 18.1. The fourth-order valence-electron chi connectivity index (χ4n) is 2.94. The molecule has 0 aliphatic heterocycles. The van der Waals surface area contributed by atoms with E-state index in [0.29, 0.717) is 35.2 Å². The van der Waals surface area contributed by atoms with Gasteiger partial charge in [0.1, 0.15) is 11.5 Å². The summed E-state index contributed by atoms with van der Waals surface area (Å²) in [6, 6.07) is 12.7. The van der Waals surface area contributed by atoms with E-state index >= 15 is 0 Å². The minimum Gasteiger partial charge on any atom is -0.467 e. The Kier molecular flexibility index (Phi) is 4.31. The summed E-state index contributed by atoms with van der Waals surface area (Å²) in [7, 11) is 0. The number of amides is 1. The van der Waals surface area contributed by atoms with Crippen molar-refractivity contribution in [1.29, 1.82) is 0 Å². The Hall–Kier alpha value is -2.92. The molecule has 0 N–H and O–H groups in total. The zero-order valence-corrected chi connectivity index (χ0v) is 14.8. The molecule has 0 aliphatic rings. The van der Waals surface area contributed by atoms with Gasteiger partial charge in [-0.1, -0.05) is 23.7 Å². The Morgan fingerprint density at radius 3 is 2.19 bits per heavy atom. The van der Waals surface area contributed by atoms with Gasteiger partial charge in [0.15, 0.2) is 11.3 Å². The number of hydrogen-bond acceptors (Lipinski definition) is 4. The Bertz CT molecular complexity index is 995. The summed E-state index contributed by atoms with van der Waals surface area (Å²) in [6.07, 6.45) is 3.16. The van der Waals surface area contributed by atoms with Crippen LogP contribution in [-0.4, -0.2) is 10.8 Å². The highest BCUT2D eigenvalue weighted by Crippen LogP contribution is 2.31. The van der Waals surface area contributed by atoms with Crippen LogP contribution in [0.25, 0.3) is 11.0 Å². The molecule has 0 spiro atoms. The van der Waals surface area contributed by atoms with Crippen molar-refractivity contribution in [2.24, 2.45) is 0 Å². The maximum atomic E-state index is 13.2. The molecule has 1 aromatic carbocycles. The first-order valence-corrected chi connectivity index (χ1v) is 8.53. The van der Waals surface area contributed by atoms with Crippen LogP contribution in [0.5, 0.6) is 0 Å². The van der Waals surface area contributed by atoms with Gasteiger partial charge in [-0.2, -0.15) is 0 Å². The number of carbonyl (C=O) groups is 1. The van der Waals surface area contributed by atoms with Crippen molar-refractivity contribution in [3.63, 3.8) is 0 Å². The highest BCUT2D eigenvalue weighted by Gasteiger charge is 2.25. The van der Waals surface area contributed by atoms with Crippen LogP contribution in [0.4, 0.5) is 0 Å². The van der Waals surface area contributed by atoms with E-state index in [4.69, 9.17) is 24.9 Å². The van der Waals surface area contributed by atoms with Crippen molar-refractivity contribution in [3.8, 4) is 0 Å². The van der Waals surface area contributed by atoms with Gasteiger partial charge in [-0.25, -0.2) is 0 Å². The lowest BCUT2D eigenvalue weighted by atomic mass is 10.1. The van der Waals surface area contributed by atoms with Gasteiger partial charge in [-0.15, -0.1) is 0 Å². The Morgan fingerprint density at radius 1 is 1.00 bits per heavy atom.